The molecule has 0 N–H and O–H groups in total. The third-order valence-corrected chi connectivity index (χ3v) is 3.01. The van der Waals surface area contributed by atoms with Gasteiger partial charge in [-0.1, -0.05) is 26.3 Å². The monoisotopic (exact) mass is 222 g/mol. The van der Waals surface area contributed by atoms with Crippen LogP contribution in [0.4, 0.5) is 0 Å². The first-order valence-corrected chi connectivity index (χ1v) is 5.98. The second-order valence-electron chi connectivity index (χ2n) is 4.01. The number of hydrogen-bond acceptors (Lipinski definition) is 2. The van der Waals surface area contributed by atoms with Crippen LogP contribution >= 0.6 is 0 Å². The van der Waals surface area contributed by atoms with Gasteiger partial charge in [-0.2, -0.15) is 0 Å². The van der Waals surface area contributed by atoms with Gasteiger partial charge in [-0.3, -0.25) is 0 Å². The molecule has 0 fully saturated rings. The molecule has 1 atom stereocenters. The number of hydrogen-bond donors (Lipinski definition) is 0. The van der Waals surface area contributed by atoms with E-state index in [1.165, 1.54) is 24.8 Å². The van der Waals surface area contributed by atoms with Crippen LogP contribution in [-0.4, -0.2) is 14.2 Å². The molecule has 1 aromatic carbocycles. The van der Waals surface area contributed by atoms with Gasteiger partial charge in [-0.25, -0.2) is 0 Å². The number of rotatable bonds is 6. The summed E-state index contributed by atoms with van der Waals surface area (Å²) < 4.78 is 10.6. The Bertz CT molecular complexity index is 321. The molecule has 2 nitrogen and oxygen atoms in total. The predicted octanol–water partition coefficient (Wildman–Crippen LogP) is 4.00. The average Bonchev–Trinajstić information content (AvgIpc) is 2.35. The first kappa shape index (κ1) is 12.9. The quantitative estimate of drug-likeness (QED) is 0.724. The van der Waals surface area contributed by atoms with Crippen LogP contribution in [0, 0.1) is 0 Å². The van der Waals surface area contributed by atoms with Crippen LogP contribution in [0.1, 0.15) is 44.6 Å². The molecule has 0 aromatic heterocycles. The first-order valence-electron chi connectivity index (χ1n) is 5.98. The summed E-state index contributed by atoms with van der Waals surface area (Å²) in [5.41, 5.74) is 1.35. The van der Waals surface area contributed by atoms with Crippen molar-refractivity contribution in [1.82, 2.24) is 0 Å². The van der Waals surface area contributed by atoms with E-state index in [0.717, 1.165) is 11.5 Å². The fourth-order valence-electron chi connectivity index (χ4n) is 2.06. The Balaban J connectivity index is 2.96. The lowest BCUT2D eigenvalue weighted by atomic mass is 9.92. The van der Waals surface area contributed by atoms with Gasteiger partial charge < -0.3 is 9.47 Å². The molecule has 90 valence electrons. The van der Waals surface area contributed by atoms with Crippen LogP contribution in [0.25, 0.3) is 0 Å². The fraction of sp³-hybridized carbons (Fsp3) is 0.571. The molecule has 0 aliphatic carbocycles. The predicted molar refractivity (Wildman–Crippen MR) is 67.5 cm³/mol. The van der Waals surface area contributed by atoms with Gasteiger partial charge in [0.05, 0.1) is 14.2 Å². The summed E-state index contributed by atoms with van der Waals surface area (Å²) in [6.45, 7) is 4.46. The van der Waals surface area contributed by atoms with E-state index >= 15 is 0 Å². The molecule has 1 unspecified atom stereocenters. The highest BCUT2D eigenvalue weighted by Gasteiger charge is 2.11. The molecule has 1 aromatic rings. The Kier molecular flexibility index (Phi) is 5.17. The van der Waals surface area contributed by atoms with Crippen LogP contribution in [0.3, 0.4) is 0 Å². The average molecular weight is 222 g/mol. The van der Waals surface area contributed by atoms with E-state index in [1.54, 1.807) is 14.2 Å². The van der Waals surface area contributed by atoms with Gasteiger partial charge in [-0.05, 0) is 36.5 Å². The molecule has 0 radical (unpaired) electrons. The maximum atomic E-state index is 5.32. The normalized spacial score (nSPS) is 12.2. The second-order valence-corrected chi connectivity index (χ2v) is 4.01. The standard InChI is InChI=1S/C14H22O2/c1-5-7-11(6-2)12-8-9-13(15-3)14(10-12)16-4/h8-11H,5-7H2,1-4H3. The van der Waals surface area contributed by atoms with E-state index in [1.807, 2.05) is 6.07 Å². The van der Waals surface area contributed by atoms with Gasteiger partial charge in [-0.15, -0.1) is 0 Å². The summed E-state index contributed by atoms with van der Waals surface area (Å²) in [6, 6.07) is 6.24. The van der Waals surface area contributed by atoms with Gasteiger partial charge in [0.1, 0.15) is 0 Å². The minimum absolute atomic E-state index is 0.629. The van der Waals surface area contributed by atoms with Crippen LogP contribution in [-0.2, 0) is 0 Å². The molecule has 0 aliphatic heterocycles. The van der Waals surface area contributed by atoms with Crippen LogP contribution < -0.4 is 9.47 Å². The number of methoxy groups -OCH3 is 2. The Labute approximate surface area is 98.6 Å². The van der Waals surface area contributed by atoms with Crippen LogP contribution in [0.5, 0.6) is 11.5 Å². The molecule has 0 spiro atoms. The highest BCUT2D eigenvalue weighted by atomic mass is 16.5. The highest BCUT2D eigenvalue weighted by molar-refractivity contribution is 5.43. The highest BCUT2D eigenvalue weighted by Crippen LogP contribution is 2.33. The Hall–Kier alpha value is -1.18. The second kappa shape index (κ2) is 6.41. The lowest BCUT2D eigenvalue weighted by Gasteiger charge is -2.16. The van der Waals surface area contributed by atoms with Gasteiger partial charge in [0, 0.05) is 0 Å². The molecular weight excluding hydrogens is 200 g/mol. The Morgan fingerprint density at radius 1 is 1.06 bits per heavy atom. The van der Waals surface area contributed by atoms with Crippen molar-refractivity contribution < 1.29 is 9.47 Å². The van der Waals surface area contributed by atoms with Crippen LogP contribution in [0.15, 0.2) is 18.2 Å². The lowest BCUT2D eigenvalue weighted by molar-refractivity contribution is 0.354. The van der Waals surface area contributed by atoms with E-state index in [2.05, 4.69) is 26.0 Å². The van der Waals surface area contributed by atoms with Gasteiger partial charge in [0.25, 0.3) is 0 Å². The zero-order valence-corrected chi connectivity index (χ0v) is 10.7. The molecule has 0 saturated heterocycles. The summed E-state index contributed by atoms with van der Waals surface area (Å²) in [5, 5.41) is 0. The smallest absolute Gasteiger partial charge is 0.160 e. The summed E-state index contributed by atoms with van der Waals surface area (Å²) in [5.74, 6) is 2.26. The summed E-state index contributed by atoms with van der Waals surface area (Å²) in [4.78, 5) is 0. The van der Waals surface area contributed by atoms with E-state index in [-0.39, 0.29) is 0 Å². The zero-order valence-electron chi connectivity index (χ0n) is 10.7. The maximum Gasteiger partial charge on any atom is 0.160 e. The molecule has 0 saturated carbocycles. The molecule has 0 bridgehead atoms. The molecule has 1 rings (SSSR count). The Morgan fingerprint density at radius 3 is 2.25 bits per heavy atom. The van der Waals surface area contributed by atoms with Gasteiger partial charge in [0.15, 0.2) is 11.5 Å². The van der Waals surface area contributed by atoms with Crippen molar-refractivity contribution in [2.24, 2.45) is 0 Å². The van der Waals surface area contributed by atoms with Crippen molar-refractivity contribution >= 4 is 0 Å². The summed E-state index contributed by atoms with van der Waals surface area (Å²) >= 11 is 0. The molecule has 2 heteroatoms. The van der Waals surface area contributed by atoms with Crippen molar-refractivity contribution in [2.45, 2.75) is 39.0 Å². The largest absolute Gasteiger partial charge is 0.493 e. The molecule has 0 heterocycles. The lowest BCUT2D eigenvalue weighted by Crippen LogP contribution is -1.98. The van der Waals surface area contributed by atoms with Gasteiger partial charge in [0.2, 0.25) is 0 Å². The topological polar surface area (TPSA) is 18.5 Å². The van der Waals surface area contributed by atoms with E-state index in [9.17, 15) is 0 Å². The van der Waals surface area contributed by atoms with Crippen molar-refractivity contribution in [1.29, 1.82) is 0 Å². The fourth-order valence-corrected chi connectivity index (χ4v) is 2.06. The van der Waals surface area contributed by atoms with Crippen LogP contribution in [0.2, 0.25) is 0 Å². The first-order chi connectivity index (χ1) is 7.76. The van der Waals surface area contributed by atoms with E-state index in [0.29, 0.717) is 5.92 Å². The zero-order chi connectivity index (χ0) is 12.0. The molecule has 16 heavy (non-hydrogen) atoms. The third-order valence-electron chi connectivity index (χ3n) is 3.01. The summed E-state index contributed by atoms with van der Waals surface area (Å²) in [6.07, 6.45) is 3.61. The third kappa shape index (κ3) is 2.91. The number of benzene rings is 1. The maximum absolute atomic E-state index is 5.32. The molecule has 0 amide bonds. The minimum atomic E-state index is 0.629. The van der Waals surface area contributed by atoms with Crippen molar-refractivity contribution in [2.75, 3.05) is 14.2 Å². The number of ether oxygens (including phenoxy) is 2. The van der Waals surface area contributed by atoms with E-state index in [4.69, 9.17) is 9.47 Å². The Morgan fingerprint density at radius 2 is 1.75 bits per heavy atom. The van der Waals surface area contributed by atoms with Crippen molar-refractivity contribution in [3.63, 3.8) is 0 Å². The molecule has 0 aliphatic rings. The van der Waals surface area contributed by atoms with E-state index < -0.39 is 0 Å². The summed E-state index contributed by atoms with van der Waals surface area (Å²) in [7, 11) is 3.35. The molecular formula is C14H22O2. The van der Waals surface area contributed by atoms with Gasteiger partial charge >= 0.3 is 0 Å². The SMILES string of the molecule is CCCC(CC)c1ccc(OC)c(OC)c1. The minimum Gasteiger partial charge on any atom is -0.493 e. The van der Waals surface area contributed by atoms with Crippen molar-refractivity contribution in [3.8, 4) is 11.5 Å². The van der Waals surface area contributed by atoms with Crippen molar-refractivity contribution in [3.05, 3.63) is 23.8 Å².